The predicted octanol–water partition coefficient (Wildman–Crippen LogP) is 7.76. The maximum absolute atomic E-state index is 4.68. The summed E-state index contributed by atoms with van der Waals surface area (Å²) < 4.78 is 1.98. The lowest BCUT2D eigenvalue weighted by Crippen LogP contribution is -2.48. The van der Waals surface area contributed by atoms with Crippen molar-refractivity contribution in [2.24, 2.45) is 0 Å². The lowest BCUT2D eigenvalue weighted by molar-refractivity contribution is 0.107. The zero-order valence-electron chi connectivity index (χ0n) is 26.0. The number of aromatic nitrogens is 4. The van der Waals surface area contributed by atoms with Crippen LogP contribution in [0.1, 0.15) is 63.5 Å². The third kappa shape index (κ3) is 7.64. The first-order chi connectivity index (χ1) is 21.0. The van der Waals surface area contributed by atoms with Crippen LogP contribution in [0.3, 0.4) is 0 Å². The molecule has 1 aliphatic rings. The van der Waals surface area contributed by atoms with Gasteiger partial charge in [0.2, 0.25) is 0 Å². The monoisotopic (exact) mass is 572 g/mol. The van der Waals surface area contributed by atoms with Crippen molar-refractivity contribution in [3.8, 4) is 11.1 Å². The van der Waals surface area contributed by atoms with Gasteiger partial charge >= 0.3 is 0 Å². The van der Waals surface area contributed by atoms with E-state index in [1.54, 1.807) is 0 Å². The van der Waals surface area contributed by atoms with Gasteiger partial charge in [0.1, 0.15) is 0 Å². The summed E-state index contributed by atoms with van der Waals surface area (Å²) in [5.41, 5.74) is 8.37. The van der Waals surface area contributed by atoms with Crippen LogP contribution in [0.25, 0.3) is 22.9 Å². The van der Waals surface area contributed by atoms with Gasteiger partial charge in [-0.2, -0.15) is 4.68 Å². The van der Waals surface area contributed by atoms with E-state index in [-0.39, 0.29) is 6.04 Å². The number of hydrogen-bond donors (Lipinski definition) is 0. The molecule has 0 radical (unpaired) electrons. The van der Waals surface area contributed by atoms with Gasteiger partial charge in [-0.15, -0.1) is 5.10 Å². The molecule has 0 bridgehead atoms. The van der Waals surface area contributed by atoms with Crippen LogP contribution in [-0.4, -0.2) is 62.7 Å². The van der Waals surface area contributed by atoms with E-state index in [1.807, 2.05) is 4.68 Å². The Morgan fingerprint density at radius 3 is 2.12 bits per heavy atom. The highest BCUT2D eigenvalue weighted by molar-refractivity contribution is 5.66. The van der Waals surface area contributed by atoms with Crippen molar-refractivity contribution < 1.29 is 0 Å². The molecule has 6 heteroatoms. The van der Waals surface area contributed by atoms with Gasteiger partial charge in [-0.25, -0.2) is 0 Å². The second kappa shape index (κ2) is 14.9. The Morgan fingerprint density at radius 2 is 1.47 bits per heavy atom. The van der Waals surface area contributed by atoms with Crippen LogP contribution in [0, 0.1) is 0 Å². The fourth-order valence-electron chi connectivity index (χ4n) is 6.00. The molecule has 1 atom stereocenters. The quantitative estimate of drug-likeness (QED) is 0.172. The van der Waals surface area contributed by atoms with Gasteiger partial charge in [-0.1, -0.05) is 116 Å². The molecule has 3 aromatic carbocycles. The van der Waals surface area contributed by atoms with Crippen molar-refractivity contribution in [2.45, 2.75) is 46.6 Å². The van der Waals surface area contributed by atoms with Crippen LogP contribution in [0.15, 0.2) is 108 Å². The van der Waals surface area contributed by atoms with Crippen molar-refractivity contribution >= 4 is 11.8 Å². The van der Waals surface area contributed by atoms with Crippen molar-refractivity contribution in [3.05, 3.63) is 125 Å². The molecule has 0 aliphatic carbocycles. The summed E-state index contributed by atoms with van der Waals surface area (Å²) in [6.07, 6.45) is 8.78. The van der Waals surface area contributed by atoms with Gasteiger partial charge in [-0.05, 0) is 71.9 Å². The first kappa shape index (κ1) is 30.3. The molecule has 1 saturated heterocycles. The third-order valence-corrected chi connectivity index (χ3v) is 8.13. The number of rotatable bonds is 11. The van der Waals surface area contributed by atoms with Gasteiger partial charge in [-0.3, -0.25) is 4.90 Å². The molecule has 5 rings (SSSR count). The van der Waals surface area contributed by atoms with Crippen LogP contribution >= 0.6 is 0 Å². The second-order valence-corrected chi connectivity index (χ2v) is 11.5. The summed E-state index contributed by atoms with van der Waals surface area (Å²) in [5, 5.41) is 13.4. The first-order valence-electron chi connectivity index (χ1n) is 15.5. The molecule has 2 heterocycles. The minimum absolute atomic E-state index is 0.0521. The summed E-state index contributed by atoms with van der Waals surface area (Å²) in [6.45, 7) is 13.6. The van der Waals surface area contributed by atoms with Gasteiger partial charge in [0.05, 0.1) is 11.7 Å². The summed E-state index contributed by atoms with van der Waals surface area (Å²) in [7, 11) is 0. The summed E-state index contributed by atoms with van der Waals surface area (Å²) in [6, 6.07) is 30.0. The van der Waals surface area contributed by atoms with Gasteiger partial charge < -0.3 is 4.90 Å². The number of benzene rings is 3. The fourth-order valence-corrected chi connectivity index (χ4v) is 6.00. The number of allylic oxidation sites excluding steroid dienone is 4. The lowest BCUT2D eigenvalue weighted by atomic mass is 9.98. The highest BCUT2D eigenvalue weighted by atomic mass is 15.6. The summed E-state index contributed by atoms with van der Waals surface area (Å²) >= 11 is 0. The Bertz CT molecular complexity index is 1520. The molecule has 1 fully saturated rings. The topological polar surface area (TPSA) is 50.1 Å². The fraction of sp³-hybridized carbons (Fsp3) is 0.324. The molecule has 1 aromatic heterocycles. The Hall–Kier alpha value is -4.13. The molecule has 1 unspecified atom stereocenters. The van der Waals surface area contributed by atoms with Crippen LogP contribution in [-0.2, 0) is 0 Å². The normalized spacial score (nSPS) is 15.6. The minimum atomic E-state index is -0.0521. The second-order valence-electron chi connectivity index (χ2n) is 11.5. The van der Waals surface area contributed by atoms with Gasteiger partial charge in [0, 0.05) is 32.7 Å². The van der Waals surface area contributed by atoms with E-state index in [9.17, 15) is 0 Å². The first-order valence-corrected chi connectivity index (χ1v) is 15.5. The maximum atomic E-state index is 4.68. The average molecular weight is 573 g/mol. The highest BCUT2D eigenvalue weighted by Crippen LogP contribution is 2.33. The van der Waals surface area contributed by atoms with Crippen molar-refractivity contribution in [2.75, 3.05) is 32.7 Å². The number of hydrogen-bond acceptors (Lipinski definition) is 5. The van der Waals surface area contributed by atoms with Gasteiger partial charge in [0.25, 0.3) is 0 Å². The molecule has 6 nitrogen and oxygen atoms in total. The molecule has 4 aromatic rings. The molecule has 222 valence electrons. The van der Waals surface area contributed by atoms with Gasteiger partial charge in [0.15, 0.2) is 5.82 Å². The molecule has 43 heavy (non-hydrogen) atoms. The van der Waals surface area contributed by atoms with E-state index < -0.39 is 0 Å². The smallest absolute Gasteiger partial charge is 0.178 e. The van der Waals surface area contributed by atoms with E-state index in [4.69, 9.17) is 0 Å². The van der Waals surface area contributed by atoms with E-state index in [0.29, 0.717) is 0 Å². The largest absolute Gasteiger partial charge is 0.300 e. The number of nitrogens with zero attached hydrogens (tertiary/aromatic N) is 6. The van der Waals surface area contributed by atoms with Crippen molar-refractivity contribution in [3.63, 3.8) is 0 Å². The van der Waals surface area contributed by atoms with Crippen molar-refractivity contribution in [1.29, 1.82) is 0 Å². The summed E-state index contributed by atoms with van der Waals surface area (Å²) in [4.78, 5) is 5.12. The molecular weight excluding hydrogens is 528 g/mol. The maximum Gasteiger partial charge on any atom is 0.178 e. The average Bonchev–Trinajstić information content (AvgIpc) is 3.50. The van der Waals surface area contributed by atoms with Crippen LogP contribution in [0.4, 0.5) is 0 Å². The zero-order valence-corrected chi connectivity index (χ0v) is 26.0. The predicted molar refractivity (Wildman–Crippen MR) is 178 cm³/mol. The SMILES string of the molecule is CC/C=C(/C)C(=C(C)C)n1nnnc1C(c1ccc(-c2ccccc2)cc1)N1CCN(CC/C=C/c2ccccc2)CC1. The van der Waals surface area contributed by atoms with E-state index in [0.717, 1.165) is 57.1 Å². The molecule has 0 saturated carbocycles. The standard InChI is InChI=1S/C37H44N6/c1-5-14-30(4)35(29(2)3)43-37(38-39-40-43)36(34-22-20-33(21-23-34)32-18-10-7-11-19-32)42-27-25-41(26-28-42)24-13-12-17-31-15-8-6-9-16-31/h6-12,14-23,36H,5,13,24-28H2,1-4H3/b17-12+,30-14-. The number of piperazine rings is 1. The highest BCUT2D eigenvalue weighted by Gasteiger charge is 2.31. The van der Waals surface area contributed by atoms with Crippen molar-refractivity contribution in [1.82, 2.24) is 30.0 Å². The van der Waals surface area contributed by atoms with Crippen LogP contribution in [0.5, 0.6) is 0 Å². The Morgan fingerprint density at radius 1 is 0.814 bits per heavy atom. The lowest BCUT2D eigenvalue weighted by Gasteiger charge is -2.39. The zero-order chi connectivity index (χ0) is 30.0. The van der Waals surface area contributed by atoms with E-state index >= 15 is 0 Å². The minimum Gasteiger partial charge on any atom is -0.300 e. The molecule has 0 amide bonds. The molecular formula is C37H44N6. The summed E-state index contributed by atoms with van der Waals surface area (Å²) in [5.74, 6) is 0.867. The molecule has 1 aliphatic heterocycles. The Labute approximate surface area is 257 Å². The molecule has 0 spiro atoms. The van der Waals surface area contributed by atoms with Crippen LogP contribution in [0.2, 0.25) is 0 Å². The van der Waals surface area contributed by atoms with Crippen LogP contribution < -0.4 is 0 Å². The number of tetrazole rings is 1. The van der Waals surface area contributed by atoms with E-state index in [1.165, 1.54) is 33.4 Å². The van der Waals surface area contributed by atoms with E-state index in [2.05, 4.69) is 156 Å². The Kier molecular flexibility index (Phi) is 10.5. The molecule has 0 N–H and O–H groups in total. The Balaban J connectivity index is 1.39. The third-order valence-electron chi connectivity index (χ3n) is 8.13.